The number of aromatic nitrogens is 2. The van der Waals surface area contributed by atoms with Gasteiger partial charge in [-0.25, -0.2) is 9.97 Å². The molecule has 0 atom stereocenters. The molecular weight excluding hydrogens is 330 g/mol. The maximum atomic E-state index is 13.4. The lowest BCUT2D eigenvalue weighted by atomic mass is 10.1. The molecule has 4 nitrogen and oxygen atoms in total. The van der Waals surface area contributed by atoms with Crippen LogP contribution in [0.4, 0.5) is 0 Å². The van der Waals surface area contributed by atoms with Crippen molar-refractivity contribution in [2.75, 3.05) is 0 Å². The lowest BCUT2D eigenvalue weighted by Crippen LogP contribution is -2.40. The summed E-state index contributed by atoms with van der Waals surface area (Å²) in [6.07, 6.45) is 9.65. The van der Waals surface area contributed by atoms with Gasteiger partial charge < -0.3 is 4.90 Å². The normalized spacial score (nSPS) is 21.2. The van der Waals surface area contributed by atoms with E-state index in [0.717, 1.165) is 32.2 Å². The van der Waals surface area contributed by atoms with Crippen molar-refractivity contribution in [3.05, 3.63) is 22.0 Å². The monoisotopic (exact) mass is 355 g/mol. The summed E-state index contributed by atoms with van der Waals surface area (Å²) < 4.78 is 0. The number of hydrogen-bond acceptors (Lipinski definition) is 4. The van der Waals surface area contributed by atoms with Crippen LogP contribution in [0.2, 0.25) is 0 Å². The van der Waals surface area contributed by atoms with Crippen molar-refractivity contribution in [3.8, 4) is 0 Å². The maximum Gasteiger partial charge on any atom is 0.264 e. The van der Waals surface area contributed by atoms with E-state index in [2.05, 4.69) is 18.7 Å². The molecular formula is C20H25N3OS. The molecule has 0 saturated heterocycles. The summed E-state index contributed by atoms with van der Waals surface area (Å²) in [6.45, 7) is 4.15. The average molecular weight is 356 g/mol. The summed E-state index contributed by atoms with van der Waals surface area (Å²) in [4.78, 5) is 27.1. The van der Waals surface area contributed by atoms with Gasteiger partial charge in [-0.1, -0.05) is 12.8 Å². The second-order valence-electron chi connectivity index (χ2n) is 8.06. The van der Waals surface area contributed by atoms with Gasteiger partial charge in [0.25, 0.3) is 5.91 Å². The highest BCUT2D eigenvalue weighted by Gasteiger charge is 2.40. The summed E-state index contributed by atoms with van der Waals surface area (Å²) in [7, 11) is 0. The Labute approximate surface area is 152 Å². The van der Waals surface area contributed by atoms with Gasteiger partial charge in [0.05, 0.1) is 10.6 Å². The standard InChI is InChI=1S/C20H25N3OS/c1-11-16-12(2)21-18(13-7-8-13)22-19(16)25-17(11)20(24)23(15-9-10-15)14-5-3-4-6-14/h13-15H,3-10H2,1-2H3. The van der Waals surface area contributed by atoms with Gasteiger partial charge in [0.2, 0.25) is 0 Å². The van der Waals surface area contributed by atoms with Gasteiger partial charge in [-0.2, -0.15) is 0 Å². The van der Waals surface area contributed by atoms with Crippen LogP contribution in [0.5, 0.6) is 0 Å². The van der Waals surface area contributed by atoms with Crippen LogP contribution in [0.1, 0.15) is 84.0 Å². The molecule has 25 heavy (non-hydrogen) atoms. The third kappa shape index (κ3) is 2.67. The first-order valence-corrected chi connectivity index (χ1v) is 10.6. The predicted molar refractivity (Wildman–Crippen MR) is 100 cm³/mol. The van der Waals surface area contributed by atoms with Gasteiger partial charge >= 0.3 is 0 Å². The molecule has 0 radical (unpaired) electrons. The van der Waals surface area contributed by atoms with E-state index >= 15 is 0 Å². The first kappa shape index (κ1) is 15.7. The fourth-order valence-corrected chi connectivity index (χ4v) is 5.55. The molecule has 0 spiro atoms. The predicted octanol–water partition coefficient (Wildman–Crippen LogP) is 4.73. The Morgan fingerprint density at radius 2 is 1.68 bits per heavy atom. The van der Waals surface area contributed by atoms with Crippen LogP contribution in [0, 0.1) is 13.8 Å². The molecule has 2 aromatic heterocycles. The second-order valence-corrected chi connectivity index (χ2v) is 9.06. The SMILES string of the molecule is Cc1nc(C2CC2)nc2sc(C(=O)N(C3CCCC3)C3CC3)c(C)c12. The Bertz CT molecular complexity index is 844. The zero-order chi connectivity index (χ0) is 17.1. The topological polar surface area (TPSA) is 46.1 Å². The number of nitrogens with zero attached hydrogens (tertiary/aromatic N) is 3. The van der Waals surface area contributed by atoms with Crippen LogP contribution < -0.4 is 0 Å². The Hall–Kier alpha value is -1.49. The van der Waals surface area contributed by atoms with E-state index in [1.165, 1.54) is 51.4 Å². The summed E-state index contributed by atoms with van der Waals surface area (Å²) in [6, 6.07) is 0.938. The molecule has 2 aromatic rings. The van der Waals surface area contributed by atoms with E-state index < -0.39 is 0 Å². The lowest BCUT2D eigenvalue weighted by Gasteiger charge is -2.29. The van der Waals surface area contributed by atoms with Crippen LogP contribution in [0.15, 0.2) is 0 Å². The molecule has 0 N–H and O–H groups in total. The van der Waals surface area contributed by atoms with Crippen LogP contribution in [-0.4, -0.2) is 32.9 Å². The molecule has 0 bridgehead atoms. The second kappa shape index (κ2) is 5.76. The highest BCUT2D eigenvalue weighted by Crippen LogP contribution is 2.42. The van der Waals surface area contributed by atoms with E-state index in [0.29, 0.717) is 18.0 Å². The minimum atomic E-state index is 0.252. The van der Waals surface area contributed by atoms with Crippen molar-refractivity contribution in [1.82, 2.24) is 14.9 Å². The van der Waals surface area contributed by atoms with Crippen molar-refractivity contribution in [3.63, 3.8) is 0 Å². The van der Waals surface area contributed by atoms with Crippen molar-refractivity contribution < 1.29 is 4.79 Å². The van der Waals surface area contributed by atoms with Crippen LogP contribution in [-0.2, 0) is 0 Å². The highest BCUT2D eigenvalue weighted by molar-refractivity contribution is 7.20. The summed E-state index contributed by atoms with van der Waals surface area (Å²) in [5.41, 5.74) is 2.13. The van der Waals surface area contributed by atoms with E-state index in [-0.39, 0.29) is 5.91 Å². The van der Waals surface area contributed by atoms with Crippen molar-refractivity contribution in [1.29, 1.82) is 0 Å². The summed E-state index contributed by atoms with van der Waals surface area (Å²) >= 11 is 1.60. The van der Waals surface area contributed by atoms with Crippen LogP contribution in [0.3, 0.4) is 0 Å². The molecule has 132 valence electrons. The lowest BCUT2D eigenvalue weighted by molar-refractivity contribution is 0.0669. The maximum absolute atomic E-state index is 13.4. The van der Waals surface area contributed by atoms with E-state index in [1.54, 1.807) is 11.3 Å². The van der Waals surface area contributed by atoms with Crippen molar-refractivity contribution in [2.24, 2.45) is 0 Å². The molecule has 0 aliphatic heterocycles. The zero-order valence-electron chi connectivity index (χ0n) is 15.0. The third-order valence-electron chi connectivity index (χ3n) is 6.02. The molecule has 3 saturated carbocycles. The fourth-order valence-electron chi connectivity index (χ4n) is 4.37. The van der Waals surface area contributed by atoms with Crippen LogP contribution in [0.25, 0.3) is 10.2 Å². The number of carbonyl (C=O) groups is 1. The van der Waals surface area contributed by atoms with Gasteiger partial charge in [0.1, 0.15) is 10.7 Å². The molecule has 3 fully saturated rings. The van der Waals surface area contributed by atoms with Crippen molar-refractivity contribution >= 4 is 27.5 Å². The Morgan fingerprint density at radius 1 is 1.00 bits per heavy atom. The summed E-state index contributed by atoms with van der Waals surface area (Å²) in [5.74, 6) is 1.79. The highest BCUT2D eigenvalue weighted by atomic mass is 32.1. The Kier molecular flexibility index (Phi) is 3.63. The average Bonchev–Trinajstić information content (AvgIpc) is 3.51. The fraction of sp³-hybridized carbons (Fsp3) is 0.650. The number of aryl methyl sites for hydroxylation is 2. The molecule has 2 heterocycles. The number of rotatable bonds is 4. The Balaban J connectivity index is 1.55. The minimum absolute atomic E-state index is 0.252. The van der Waals surface area contributed by atoms with Gasteiger partial charge in [-0.15, -0.1) is 11.3 Å². The number of hydrogen-bond donors (Lipinski definition) is 0. The van der Waals surface area contributed by atoms with Gasteiger partial charge in [-0.3, -0.25) is 4.79 Å². The van der Waals surface area contributed by atoms with E-state index in [9.17, 15) is 4.79 Å². The number of carbonyl (C=O) groups excluding carboxylic acids is 1. The van der Waals surface area contributed by atoms with E-state index in [1.807, 2.05) is 0 Å². The Morgan fingerprint density at radius 3 is 2.32 bits per heavy atom. The first-order valence-electron chi connectivity index (χ1n) is 9.73. The molecule has 3 aliphatic carbocycles. The van der Waals surface area contributed by atoms with E-state index in [4.69, 9.17) is 9.97 Å². The number of amides is 1. The number of fused-ring (bicyclic) bond motifs is 1. The largest absolute Gasteiger partial charge is 0.332 e. The molecule has 3 aliphatic rings. The van der Waals surface area contributed by atoms with Gasteiger partial charge in [0, 0.05) is 23.4 Å². The zero-order valence-corrected chi connectivity index (χ0v) is 15.9. The quantitative estimate of drug-likeness (QED) is 0.796. The molecule has 0 unspecified atom stereocenters. The summed E-state index contributed by atoms with van der Waals surface area (Å²) in [5, 5.41) is 1.11. The molecule has 1 amide bonds. The van der Waals surface area contributed by atoms with Crippen molar-refractivity contribution in [2.45, 2.75) is 83.2 Å². The minimum Gasteiger partial charge on any atom is -0.332 e. The van der Waals surface area contributed by atoms with Gasteiger partial charge in [0.15, 0.2) is 0 Å². The van der Waals surface area contributed by atoms with Crippen LogP contribution >= 0.6 is 11.3 Å². The molecule has 5 heteroatoms. The van der Waals surface area contributed by atoms with Gasteiger partial charge in [-0.05, 0) is 57.9 Å². The smallest absolute Gasteiger partial charge is 0.264 e. The molecule has 0 aromatic carbocycles. The number of thiophene rings is 1. The molecule has 5 rings (SSSR count). The first-order chi connectivity index (χ1) is 12.1. The third-order valence-corrected chi connectivity index (χ3v) is 7.19.